The van der Waals surface area contributed by atoms with Crippen LogP contribution in [-0.4, -0.2) is 9.97 Å². The fourth-order valence-electron chi connectivity index (χ4n) is 2.27. The van der Waals surface area contributed by atoms with Crippen LogP contribution in [0.25, 0.3) is 22.6 Å². The molecule has 0 N–H and O–H groups in total. The standard InChI is InChI=1S/C15H10BrClN2O/c16-12-13(8-5-6-8)18-15(19-14(12)17)11-7-9-3-1-2-4-10(9)20-11/h1-4,7-8H,5-6H2. The number of para-hydroxylation sites is 1. The van der Waals surface area contributed by atoms with Gasteiger partial charge in [-0.05, 0) is 40.9 Å². The maximum Gasteiger partial charge on any atom is 0.197 e. The highest BCUT2D eigenvalue weighted by Gasteiger charge is 2.29. The molecule has 20 heavy (non-hydrogen) atoms. The van der Waals surface area contributed by atoms with Crippen molar-refractivity contribution in [3.8, 4) is 11.6 Å². The molecule has 3 nitrogen and oxygen atoms in total. The van der Waals surface area contributed by atoms with Crippen molar-refractivity contribution in [2.45, 2.75) is 18.8 Å². The van der Waals surface area contributed by atoms with Crippen molar-refractivity contribution < 1.29 is 4.42 Å². The van der Waals surface area contributed by atoms with Gasteiger partial charge in [-0.3, -0.25) is 0 Å². The van der Waals surface area contributed by atoms with Crippen molar-refractivity contribution in [3.63, 3.8) is 0 Å². The van der Waals surface area contributed by atoms with Gasteiger partial charge in [-0.25, -0.2) is 9.97 Å². The summed E-state index contributed by atoms with van der Waals surface area (Å²) < 4.78 is 6.61. The minimum absolute atomic E-state index is 0.442. The van der Waals surface area contributed by atoms with Crippen LogP contribution in [0.4, 0.5) is 0 Å². The number of nitrogens with zero attached hydrogens (tertiary/aromatic N) is 2. The summed E-state index contributed by atoms with van der Waals surface area (Å²) in [7, 11) is 0. The van der Waals surface area contributed by atoms with E-state index in [9.17, 15) is 0 Å². The van der Waals surface area contributed by atoms with Crippen molar-refractivity contribution in [2.75, 3.05) is 0 Å². The molecule has 0 spiro atoms. The van der Waals surface area contributed by atoms with Gasteiger partial charge in [0.2, 0.25) is 0 Å². The number of fused-ring (bicyclic) bond motifs is 1. The largest absolute Gasteiger partial charge is 0.453 e. The summed E-state index contributed by atoms with van der Waals surface area (Å²) in [5, 5.41) is 1.48. The molecule has 1 saturated carbocycles. The Morgan fingerprint density at radius 3 is 2.75 bits per heavy atom. The Bertz CT molecular complexity index is 778. The lowest BCUT2D eigenvalue weighted by Gasteiger charge is -2.05. The third kappa shape index (κ3) is 2.03. The van der Waals surface area contributed by atoms with E-state index in [0.29, 0.717) is 22.7 Å². The molecular weight excluding hydrogens is 340 g/mol. The third-order valence-electron chi connectivity index (χ3n) is 3.45. The van der Waals surface area contributed by atoms with E-state index in [2.05, 4.69) is 25.9 Å². The number of hydrogen-bond acceptors (Lipinski definition) is 3. The molecule has 1 fully saturated rings. The first-order chi connectivity index (χ1) is 9.72. The highest BCUT2D eigenvalue weighted by molar-refractivity contribution is 9.10. The Labute approximate surface area is 129 Å². The van der Waals surface area contributed by atoms with Gasteiger partial charge in [-0.2, -0.15) is 0 Å². The van der Waals surface area contributed by atoms with Crippen molar-refractivity contribution in [3.05, 3.63) is 45.7 Å². The number of furan rings is 1. The Morgan fingerprint density at radius 2 is 2.00 bits per heavy atom. The molecule has 0 saturated heterocycles. The Morgan fingerprint density at radius 1 is 1.20 bits per heavy atom. The van der Waals surface area contributed by atoms with Crippen molar-refractivity contribution in [1.29, 1.82) is 0 Å². The van der Waals surface area contributed by atoms with E-state index < -0.39 is 0 Å². The minimum Gasteiger partial charge on any atom is -0.453 e. The van der Waals surface area contributed by atoms with E-state index in [1.54, 1.807) is 0 Å². The maximum absolute atomic E-state index is 6.20. The zero-order valence-corrected chi connectivity index (χ0v) is 12.8. The van der Waals surface area contributed by atoms with Crippen LogP contribution in [0.15, 0.2) is 39.2 Å². The monoisotopic (exact) mass is 348 g/mol. The molecular formula is C15H10BrClN2O. The van der Waals surface area contributed by atoms with Crippen LogP contribution in [0.2, 0.25) is 5.15 Å². The topological polar surface area (TPSA) is 38.9 Å². The minimum atomic E-state index is 0.442. The quantitative estimate of drug-likeness (QED) is 0.598. The smallest absolute Gasteiger partial charge is 0.197 e. The van der Waals surface area contributed by atoms with E-state index >= 15 is 0 Å². The fourth-order valence-corrected chi connectivity index (χ4v) is 2.94. The normalized spacial score (nSPS) is 14.9. The first-order valence-corrected chi connectivity index (χ1v) is 7.61. The zero-order valence-electron chi connectivity index (χ0n) is 10.4. The molecule has 3 aromatic rings. The van der Waals surface area contributed by atoms with Gasteiger partial charge in [0.25, 0.3) is 0 Å². The second-order valence-electron chi connectivity index (χ2n) is 4.96. The second kappa shape index (κ2) is 4.57. The van der Waals surface area contributed by atoms with Gasteiger partial charge in [0.1, 0.15) is 10.7 Å². The second-order valence-corrected chi connectivity index (χ2v) is 6.11. The molecule has 0 amide bonds. The summed E-state index contributed by atoms with van der Waals surface area (Å²) in [5.41, 5.74) is 1.82. The SMILES string of the molecule is Clc1nc(-c2cc3ccccc3o2)nc(C2CC2)c1Br. The summed E-state index contributed by atoms with van der Waals surface area (Å²) >= 11 is 9.67. The average Bonchev–Trinajstić information content (AvgIpc) is 3.19. The van der Waals surface area contributed by atoms with Crippen LogP contribution in [0, 0.1) is 0 Å². The van der Waals surface area contributed by atoms with Gasteiger partial charge >= 0.3 is 0 Å². The molecule has 0 unspecified atom stereocenters. The number of hydrogen-bond donors (Lipinski definition) is 0. The molecule has 0 radical (unpaired) electrons. The van der Waals surface area contributed by atoms with Crippen molar-refractivity contribution in [1.82, 2.24) is 9.97 Å². The van der Waals surface area contributed by atoms with E-state index in [4.69, 9.17) is 16.0 Å². The first kappa shape index (κ1) is 12.4. The van der Waals surface area contributed by atoms with Crippen LogP contribution < -0.4 is 0 Å². The number of halogens is 2. The Hall–Kier alpha value is -1.39. The Balaban J connectivity index is 1.88. The molecule has 4 rings (SSSR count). The maximum atomic E-state index is 6.20. The van der Waals surface area contributed by atoms with Crippen LogP contribution in [0.5, 0.6) is 0 Å². The summed E-state index contributed by atoms with van der Waals surface area (Å²) in [6, 6.07) is 9.81. The summed E-state index contributed by atoms with van der Waals surface area (Å²) in [4.78, 5) is 8.95. The molecule has 1 aliphatic carbocycles. The molecule has 0 atom stereocenters. The van der Waals surface area contributed by atoms with Gasteiger partial charge in [-0.15, -0.1) is 0 Å². The molecule has 100 valence electrons. The van der Waals surface area contributed by atoms with Gasteiger partial charge in [0.15, 0.2) is 11.6 Å². The number of benzene rings is 1. The van der Waals surface area contributed by atoms with Gasteiger partial charge in [0.05, 0.1) is 10.2 Å². The average molecular weight is 350 g/mol. The highest BCUT2D eigenvalue weighted by atomic mass is 79.9. The van der Waals surface area contributed by atoms with Crippen LogP contribution in [-0.2, 0) is 0 Å². The zero-order chi connectivity index (χ0) is 13.7. The van der Waals surface area contributed by atoms with Crippen LogP contribution >= 0.6 is 27.5 Å². The van der Waals surface area contributed by atoms with E-state index in [-0.39, 0.29) is 0 Å². The molecule has 0 bridgehead atoms. The molecule has 0 aliphatic heterocycles. The first-order valence-electron chi connectivity index (χ1n) is 6.44. The highest BCUT2D eigenvalue weighted by Crippen LogP contribution is 2.44. The van der Waals surface area contributed by atoms with E-state index in [1.807, 2.05) is 30.3 Å². The van der Waals surface area contributed by atoms with Gasteiger partial charge in [-0.1, -0.05) is 29.8 Å². The molecule has 5 heteroatoms. The molecule has 2 heterocycles. The molecule has 2 aromatic heterocycles. The van der Waals surface area contributed by atoms with Crippen molar-refractivity contribution in [2.24, 2.45) is 0 Å². The van der Waals surface area contributed by atoms with E-state index in [1.165, 1.54) is 0 Å². The lowest BCUT2D eigenvalue weighted by Crippen LogP contribution is -1.96. The summed E-state index contributed by atoms with van der Waals surface area (Å²) in [6.07, 6.45) is 2.32. The summed E-state index contributed by atoms with van der Waals surface area (Å²) in [5.74, 6) is 1.70. The molecule has 1 aromatic carbocycles. The van der Waals surface area contributed by atoms with Crippen LogP contribution in [0.1, 0.15) is 24.5 Å². The van der Waals surface area contributed by atoms with Crippen LogP contribution in [0.3, 0.4) is 0 Å². The fraction of sp³-hybridized carbons (Fsp3) is 0.200. The number of rotatable bonds is 2. The van der Waals surface area contributed by atoms with Gasteiger partial charge < -0.3 is 4.42 Å². The lowest BCUT2D eigenvalue weighted by molar-refractivity contribution is 0.624. The lowest BCUT2D eigenvalue weighted by atomic mass is 10.2. The predicted octanol–water partition coefficient (Wildman–Crippen LogP) is 5.18. The van der Waals surface area contributed by atoms with Gasteiger partial charge in [0, 0.05) is 11.3 Å². The molecule has 1 aliphatic rings. The predicted molar refractivity (Wildman–Crippen MR) is 81.9 cm³/mol. The Kier molecular flexibility index (Phi) is 2.82. The third-order valence-corrected chi connectivity index (χ3v) is 4.73. The van der Waals surface area contributed by atoms with Crippen molar-refractivity contribution >= 4 is 38.5 Å². The number of aromatic nitrogens is 2. The summed E-state index contributed by atoms with van der Waals surface area (Å²) in [6.45, 7) is 0. The van der Waals surface area contributed by atoms with E-state index in [0.717, 1.165) is 34.0 Å².